The van der Waals surface area contributed by atoms with E-state index in [1.807, 2.05) is 0 Å². The Morgan fingerprint density at radius 3 is 3.43 bits per heavy atom. The largest absolute Gasteiger partial charge is 0.354 e. The maximum Gasteiger partial charge on any atom is 0.302 e. The molecule has 1 saturated heterocycles. The van der Waals surface area contributed by atoms with Gasteiger partial charge in [-0.05, 0) is 18.4 Å². The van der Waals surface area contributed by atoms with E-state index in [1.54, 1.807) is 0 Å². The van der Waals surface area contributed by atoms with Crippen LogP contribution in [0.5, 0.6) is 0 Å². The first-order valence-corrected chi connectivity index (χ1v) is 6.87. The highest BCUT2D eigenvalue weighted by Crippen LogP contribution is 2.28. The average molecular weight is 322 g/mol. The number of hydrogen-bond donors (Lipinski definition) is 1. The van der Waals surface area contributed by atoms with Crippen LogP contribution in [0.2, 0.25) is 0 Å². The van der Waals surface area contributed by atoms with E-state index < -0.39 is 51.0 Å². The number of rotatable bonds is 3. The van der Waals surface area contributed by atoms with E-state index in [4.69, 9.17) is 20.3 Å². The molecular weight excluding hydrogens is 292 g/mol. The van der Waals surface area contributed by atoms with Crippen LogP contribution in [0.15, 0.2) is 18.5 Å². The number of hydrogen-bond acceptors (Lipinski definition) is 4. The van der Waals surface area contributed by atoms with Crippen molar-refractivity contribution in [3.05, 3.63) is 30.0 Å². The Morgan fingerprint density at radius 2 is 2.65 bits per heavy atom. The van der Waals surface area contributed by atoms with Crippen molar-refractivity contribution in [1.29, 1.82) is 0 Å². The van der Waals surface area contributed by atoms with Crippen LogP contribution in [0.4, 0.5) is 5.82 Å². The van der Waals surface area contributed by atoms with Crippen molar-refractivity contribution in [2.75, 3.05) is 31.5 Å². The van der Waals surface area contributed by atoms with E-state index in [1.165, 1.54) is 6.20 Å². The Bertz CT molecular complexity index is 1100. The molecule has 7 nitrogen and oxygen atoms in total. The Balaban J connectivity index is 2.20. The number of aromatic amines is 1. The molecule has 2 aromatic rings. The zero-order valence-electron chi connectivity index (χ0n) is 22.0. The highest BCUT2D eigenvalue weighted by Gasteiger charge is 2.33. The molecule has 1 aliphatic heterocycles. The van der Waals surface area contributed by atoms with Gasteiger partial charge in [0.15, 0.2) is 0 Å². The summed E-state index contributed by atoms with van der Waals surface area (Å²) in [7, 11) is 0. The molecule has 0 spiro atoms. The number of anilines is 1. The number of likely N-dealkylation sites (tertiary alicyclic amines) is 1. The van der Waals surface area contributed by atoms with Crippen molar-refractivity contribution in [2.45, 2.75) is 19.3 Å². The van der Waals surface area contributed by atoms with Crippen molar-refractivity contribution < 1.29 is 18.5 Å². The summed E-state index contributed by atoms with van der Waals surface area (Å²) in [6, 6.07) is -1.58. The third kappa shape index (κ3) is 2.84. The number of carbonyl (C=O) groups excluding carboxylic acids is 1. The molecule has 0 bridgehead atoms. The van der Waals surface area contributed by atoms with Crippen LogP contribution < -0.4 is 4.90 Å². The second-order valence-corrected chi connectivity index (χ2v) is 5.11. The van der Waals surface area contributed by atoms with Gasteiger partial charge in [0.25, 0.3) is 6.50 Å². The van der Waals surface area contributed by atoms with Crippen molar-refractivity contribution >= 4 is 22.8 Å². The van der Waals surface area contributed by atoms with E-state index in [0.717, 1.165) is 4.90 Å². The van der Waals surface area contributed by atoms with Crippen LogP contribution in [0.1, 0.15) is 27.0 Å². The van der Waals surface area contributed by atoms with Crippen LogP contribution in [0.3, 0.4) is 0 Å². The van der Waals surface area contributed by atoms with Crippen LogP contribution in [-0.2, 0) is 4.79 Å². The fourth-order valence-electron chi connectivity index (χ4n) is 2.58. The van der Waals surface area contributed by atoms with Gasteiger partial charge < -0.3 is 19.6 Å². The molecule has 120 valence electrons. The van der Waals surface area contributed by atoms with Gasteiger partial charge >= 0.3 is 5.91 Å². The number of nitrogens with one attached hydrogen (secondary N) is 1. The van der Waals surface area contributed by atoms with Crippen LogP contribution in [0.25, 0.3) is 15.9 Å². The Morgan fingerprint density at radius 1 is 1.74 bits per heavy atom. The number of H-pyrrole nitrogens is 1. The molecule has 3 heterocycles. The van der Waals surface area contributed by atoms with Crippen LogP contribution in [0, 0.1) is 12.5 Å². The second-order valence-electron chi connectivity index (χ2n) is 5.11. The maximum absolute atomic E-state index is 12.6. The van der Waals surface area contributed by atoms with Gasteiger partial charge in [0, 0.05) is 34.5 Å². The summed E-state index contributed by atoms with van der Waals surface area (Å²) in [6.07, 6.45) is 0.477. The lowest BCUT2D eigenvalue weighted by Crippen LogP contribution is -2.53. The lowest BCUT2D eigenvalue weighted by atomic mass is 9.92. The smallest absolute Gasteiger partial charge is 0.302 e. The van der Waals surface area contributed by atoms with Gasteiger partial charge in [0.05, 0.1) is 12.8 Å². The molecule has 1 N–H and O–H groups in total. The first-order chi connectivity index (χ1) is 15.1. The molecule has 23 heavy (non-hydrogen) atoms. The van der Waals surface area contributed by atoms with Gasteiger partial charge in [-0.3, -0.25) is 4.79 Å². The Labute approximate surface area is 149 Å². The Hall–Kier alpha value is -2.62. The van der Waals surface area contributed by atoms with Gasteiger partial charge in [0.1, 0.15) is 21.9 Å². The number of likely N-dealkylation sites (N-methyl/N-ethyl adjacent to an activating group) is 1. The predicted octanol–water partition coefficient (Wildman–Crippen LogP) is 1.55. The van der Waals surface area contributed by atoms with E-state index in [-0.39, 0.29) is 35.9 Å². The molecule has 0 radical (unpaired) electrons. The van der Waals surface area contributed by atoms with E-state index in [2.05, 4.69) is 19.8 Å². The fourth-order valence-corrected chi connectivity index (χ4v) is 2.58. The van der Waals surface area contributed by atoms with Crippen molar-refractivity contribution in [3.63, 3.8) is 0 Å². The first-order valence-electron chi connectivity index (χ1n) is 11.9. The van der Waals surface area contributed by atoms with Gasteiger partial charge in [-0.15, -0.1) is 0 Å². The number of nitrogens with zero attached hydrogens (tertiary/aromatic N) is 5. The Kier molecular flexibility index (Phi) is 1.98. The molecule has 0 aromatic carbocycles. The standard InChI is InChI=1S/C16H20N6O/c1-11-5-7-22(14(23)8-17-2)9-13(11)21(3)16-12-4-6-18-15(12)19-10-20-16/h4,6,10-11,13H,5,7-9H2,1,3H3,(H,18,19,20)/t11-,13+/m1/s1/i1D3,3D3,4D,8D2,10D. The molecular formula is C16H20N6O. The molecule has 1 aliphatic rings. The van der Waals surface area contributed by atoms with E-state index >= 15 is 0 Å². The summed E-state index contributed by atoms with van der Waals surface area (Å²) in [5.41, 5.74) is 0.0164. The van der Waals surface area contributed by atoms with Crippen molar-refractivity contribution in [1.82, 2.24) is 19.9 Å². The highest BCUT2D eigenvalue weighted by molar-refractivity contribution is 5.87. The van der Waals surface area contributed by atoms with Crippen molar-refractivity contribution in [2.24, 2.45) is 5.92 Å². The summed E-state index contributed by atoms with van der Waals surface area (Å²) >= 11 is 0. The normalized spacial score (nSPS) is 29.3. The summed E-state index contributed by atoms with van der Waals surface area (Å²) in [5, 5.41) is -0.0358. The highest BCUT2D eigenvalue weighted by atomic mass is 16.2. The minimum atomic E-state index is -3.00. The number of fused-ring (bicyclic) bond motifs is 1. The van der Waals surface area contributed by atoms with E-state index in [9.17, 15) is 4.79 Å². The summed E-state index contributed by atoms with van der Waals surface area (Å²) in [4.78, 5) is 27.3. The maximum atomic E-state index is 12.6. The molecule has 1 amide bonds. The van der Waals surface area contributed by atoms with Gasteiger partial charge in [-0.2, -0.15) is 0 Å². The summed E-state index contributed by atoms with van der Waals surface area (Å²) in [5.74, 6) is -2.82. The third-order valence-electron chi connectivity index (χ3n) is 3.78. The van der Waals surface area contributed by atoms with Crippen LogP contribution >= 0.6 is 0 Å². The molecule has 7 heteroatoms. The molecule has 0 unspecified atom stereocenters. The zero-order valence-corrected chi connectivity index (χ0v) is 12.0. The number of aromatic nitrogens is 3. The van der Waals surface area contributed by atoms with Crippen molar-refractivity contribution in [3.8, 4) is 0 Å². The molecule has 1 fully saturated rings. The lowest BCUT2D eigenvalue weighted by molar-refractivity contribution is -0.130. The fraction of sp³-hybridized carbons (Fsp3) is 0.500. The molecule has 0 aliphatic carbocycles. The number of amides is 1. The predicted molar refractivity (Wildman–Crippen MR) is 87.9 cm³/mol. The SMILES string of the molecule is [2H]c1nc(N([C@H]2CN(C(=O)C([2H])([2H])[N+]#[C-])CC[C@H]2C([2H])([2H])[2H])C([2H])([2H])[2H])c2c([2H])c[nH]c2n1. The van der Waals surface area contributed by atoms with Gasteiger partial charge in [-0.1, -0.05) is 6.85 Å². The zero-order chi connectivity index (χ0) is 24.9. The summed E-state index contributed by atoms with van der Waals surface area (Å²) in [6.45, 7) is -2.30. The number of carbonyl (C=O) groups is 1. The van der Waals surface area contributed by atoms with Crippen LogP contribution in [-0.4, -0.2) is 58.4 Å². The number of piperidine rings is 1. The monoisotopic (exact) mass is 322 g/mol. The minimum absolute atomic E-state index is 0.0164. The van der Waals surface area contributed by atoms with Gasteiger partial charge in [0.2, 0.25) is 0 Å². The van der Waals surface area contributed by atoms with Gasteiger partial charge in [-0.25, -0.2) is 16.5 Å². The minimum Gasteiger partial charge on any atom is -0.354 e. The lowest BCUT2D eigenvalue weighted by Gasteiger charge is -2.41. The third-order valence-corrected chi connectivity index (χ3v) is 3.78. The molecule has 0 saturated carbocycles. The quantitative estimate of drug-likeness (QED) is 0.871. The molecule has 2 aromatic heterocycles. The molecule has 3 rings (SSSR count). The second kappa shape index (κ2) is 6.24. The topological polar surface area (TPSA) is 69.5 Å². The first kappa shape index (κ1) is 7.30. The molecule has 2 atom stereocenters. The summed E-state index contributed by atoms with van der Waals surface area (Å²) < 4.78 is 79.4. The average Bonchev–Trinajstić information content (AvgIpc) is 3.06. The van der Waals surface area contributed by atoms with E-state index in [0.29, 0.717) is 4.90 Å².